The van der Waals surface area contributed by atoms with Crippen molar-refractivity contribution in [3.05, 3.63) is 57.6 Å². The predicted octanol–water partition coefficient (Wildman–Crippen LogP) is 1.97. The molecule has 1 saturated heterocycles. The third kappa shape index (κ3) is 2.74. The first kappa shape index (κ1) is 13.8. The molecule has 0 radical (unpaired) electrons. The molecule has 0 amide bonds. The van der Waals surface area contributed by atoms with Crippen LogP contribution in [0, 0.1) is 11.8 Å². The van der Waals surface area contributed by atoms with Gasteiger partial charge in [0.05, 0.1) is 0 Å². The molecule has 3 atom stereocenters. The molecule has 6 heteroatoms. The van der Waals surface area contributed by atoms with Crippen LogP contribution in [0.1, 0.15) is 5.56 Å². The number of hydrogen-bond donors (Lipinski definition) is 2. The fraction of sp³-hybridized carbons (Fsp3) is 0.375. The van der Waals surface area contributed by atoms with Crippen LogP contribution in [0.4, 0.5) is 5.82 Å². The summed E-state index contributed by atoms with van der Waals surface area (Å²) in [5.41, 5.74) is 0.947. The summed E-state index contributed by atoms with van der Waals surface area (Å²) in [5, 5.41) is 3.66. The average Bonchev–Trinajstić information content (AvgIpc) is 2.93. The summed E-state index contributed by atoms with van der Waals surface area (Å²) in [5.74, 6) is 1.86. The van der Waals surface area contributed by atoms with Crippen LogP contribution in [0.15, 0.2) is 41.2 Å². The molecule has 1 saturated carbocycles. The third-order valence-electron chi connectivity index (χ3n) is 4.54. The summed E-state index contributed by atoms with van der Waals surface area (Å²) in [4.78, 5) is 20.2. The van der Waals surface area contributed by atoms with Gasteiger partial charge in [-0.3, -0.25) is 9.88 Å². The number of aromatic amines is 1. The van der Waals surface area contributed by atoms with Crippen LogP contribution >= 0.6 is 11.6 Å². The molecule has 4 rings (SSSR count). The number of piperidine rings is 1. The lowest BCUT2D eigenvalue weighted by molar-refractivity contribution is 0.292. The zero-order chi connectivity index (χ0) is 15.1. The first-order valence-corrected chi connectivity index (χ1v) is 7.86. The van der Waals surface area contributed by atoms with Gasteiger partial charge in [0.25, 0.3) is 0 Å². The van der Waals surface area contributed by atoms with Gasteiger partial charge in [-0.25, -0.2) is 4.79 Å². The minimum Gasteiger partial charge on any atom is -0.366 e. The predicted molar refractivity (Wildman–Crippen MR) is 86.0 cm³/mol. The van der Waals surface area contributed by atoms with Gasteiger partial charge in [0.2, 0.25) is 0 Å². The van der Waals surface area contributed by atoms with E-state index in [1.807, 2.05) is 6.07 Å². The number of aromatic nitrogens is 2. The first-order chi connectivity index (χ1) is 10.7. The Labute approximate surface area is 133 Å². The van der Waals surface area contributed by atoms with Crippen molar-refractivity contribution in [3.8, 4) is 0 Å². The lowest BCUT2D eigenvalue weighted by Gasteiger charge is -2.20. The lowest BCUT2D eigenvalue weighted by Crippen LogP contribution is -2.28. The Bertz CT molecular complexity index is 720. The Morgan fingerprint density at radius 1 is 1.27 bits per heavy atom. The van der Waals surface area contributed by atoms with Crippen LogP contribution in [-0.2, 0) is 6.54 Å². The summed E-state index contributed by atoms with van der Waals surface area (Å²) in [7, 11) is 0. The molecule has 2 fully saturated rings. The number of fused-ring (bicyclic) bond motifs is 1. The number of nitrogens with zero attached hydrogens (tertiary/aromatic N) is 2. The topological polar surface area (TPSA) is 61.0 Å². The average molecular weight is 317 g/mol. The van der Waals surface area contributed by atoms with Gasteiger partial charge in [-0.15, -0.1) is 0 Å². The summed E-state index contributed by atoms with van der Waals surface area (Å²) >= 11 is 5.84. The number of hydrogen-bond acceptors (Lipinski definition) is 4. The van der Waals surface area contributed by atoms with Crippen LogP contribution in [0.25, 0.3) is 0 Å². The van der Waals surface area contributed by atoms with Crippen molar-refractivity contribution < 1.29 is 0 Å². The zero-order valence-electron chi connectivity index (χ0n) is 12.0. The van der Waals surface area contributed by atoms with Gasteiger partial charge in [-0.2, -0.15) is 4.98 Å². The number of halogens is 1. The highest BCUT2D eigenvalue weighted by atomic mass is 35.5. The summed E-state index contributed by atoms with van der Waals surface area (Å²) in [6, 6.07) is 12.6. The number of likely N-dealkylation sites (tertiary alicyclic amines) is 1. The molecule has 5 nitrogen and oxygen atoms in total. The molecule has 22 heavy (non-hydrogen) atoms. The molecule has 1 unspecified atom stereocenters. The van der Waals surface area contributed by atoms with Crippen molar-refractivity contribution in [1.82, 2.24) is 14.9 Å². The molecule has 1 aromatic carbocycles. The monoisotopic (exact) mass is 316 g/mol. The van der Waals surface area contributed by atoms with E-state index < -0.39 is 5.69 Å². The van der Waals surface area contributed by atoms with E-state index >= 15 is 0 Å². The van der Waals surface area contributed by atoms with Gasteiger partial charge >= 0.3 is 5.69 Å². The first-order valence-electron chi connectivity index (χ1n) is 7.49. The van der Waals surface area contributed by atoms with E-state index in [2.05, 4.69) is 44.5 Å². The Morgan fingerprint density at radius 2 is 2.00 bits per heavy atom. The third-order valence-corrected chi connectivity index (χ3v) is 4.75. The molecular formula is C16H17ClN4O. The summed E-state index contributed by atoms with van der Waals surface area (Å²) < 4.78 is 0. The molecule has 1 aliphatic carbocycles. The van der Waals surface area contributed by atoms with Crippen molar-refractivity contribution in [2.24, 2.45) is 11.8 Å². The lowest BCUT2D eigenvalue weighted by atomic mass is 10.2. The Morgan fingerprint density at radius 3 is 2.68 bits per heavy atom. The van der Waals surface area contributed by atoms with Gasteiger partial charge < -0.3 is 5.32 Å². The Hall–Kier alpha value is -1.85. The molecule has 2 heterocycles. The second-order valence-electron chi connectivity index (χ2n) is 6.10. The van der Waals surface area contributed by atoms with Gasteiger partial charge in [-0.05, 0) is 17.4 Å². The minimum absolute atomic E-state index is 0.319. The van der Waals surface area contributed by atoms with Crippen LogP contribution in [0.5, 0.6) is 0 Å². The second-order valence-corrected chi connectivity index (χ2v) is 6.50. The van der Waals surface area contributed by atoms with Crippen molar-refractivity contribution in [2.45, 2.75) is 12.6 Å². The van der Waals surface area contributed by atoms with E-state index in [1.165, 1.54) is 5.56 Å². The number of anilines is 1. The molecule has 0 bridgehead atoms. The number of benzene rings is 1. The van der Waals surface area contributed by atoms with Crippen molar-refractivity contribution in [2.75, 3.05) is 18.4 Å². The maximum atomic E-state index is 11.3. The van der Waals surface area contributed by atoms with E-state index in [0.29, 0.717) is 28.8 Å². The molecule has 2 aliphatic rings. The van der Waals surface area contributed by atoms with E-state index in [4.69, 9.17) is 11.6 Å². The van der Waals surface area contributed by atoms with E-state index in [1.54, 1.807) is 6.07 Å². The zero-order valence-corrected chi connectivity index (χ0v) is 12.8. The van der Waals surface area contributed by atoms with Gasteiger partial charge in [0, 0.05) is 31.7 Å². The maximum absolute atomic E-state index is 11.3. The van der Waals surface area contributed by atoms with E-state index in [9.17, 15) is 4.79 Å². The molecule has 2 N–H and O–H groups in total. The highest BCUT2D eigenvalue weighted by Gasteiger charge is 2.55. The smallest absolute Gasteiger partial charge is 0.347 e. The fourth-order valence-corrected chi connectivity index (χ4v) is 3.66. The second kappa shape index (κ2) is 5.41. The van der Waals surface area contributed by atoms with Gasteiger partial charge in [0.15, 0.2) is 0 Å². The number of rotatable bonds is 4. The van der Waals surface area contributed by atoms with Crippen LogP contribution in [-0.4, -0.2) is 34.0 Å². The number of nitrogens with one attached hydrogen (secondary N) is 2. The van der Waals surface area contributed by atoms with Crippen molar-refractivity contribution >= 4 is 17.4 Å². The van der Waals surface area contributed by atoms with Crippen LogP contribution in [0.2, 0.25) is 5.15 Å². The molecule has 114 valence electrons. The maximum Gasteiger partial charge on any atom is 0.347 e. The van der Waals surface area contributed by atoms with Gasteiger partial charge in [0.1, 0.15) is 11.0 Å². The summed E-state index contributed by atoms with van der Waals surface area (Å²) in [6.45, 7) is 3.19. The van der Waals surface area contributed by atoms with Crippen molar-refractivity contribution in [3.63, 3.8) is 0 Å². The van der Waals surface area contributed by atoms with E-state index in [0.717, 1.165) is 19.6 Å². The number of H-pyrrole nitrogens is 1. The van der Waals surface area contributed by atoms with Gasteiger partial charge in [-0.1, -0.05) is 41.9 Å². The minimum atomic E-state index is -0.411. The normalized spacial score (nSPS) is 26.7. The Balaban J connectivity index is 1.34. The fourth-order valence-electron chi connectivity index (χ4n) is 3.47. The standard InChI is InChI=1S/C16H17ClN4O/c17-13-6-14(20-16(22)18-13)19-15-11-8-21(9-12(11)15)7-10-4-2-1-3-5-10/h1-6,11-12,15H,7-9H2,(H2,18,19,20,22)/t11-,12+,15?. The van der Waals surface area contributed by atoms with Crippen LogP contribution in [0.3, 0.4) is 0 Å². The Kier molecular flexibility index (Phi) is 3.39. The molecule has 2 aromatic rings. The molecule has 0 spiro atoms. The van der Waals surface area contributed by atoms with Crippen molar-refractivity contribution in [1.29, 1.82) is 0 Å². The quantitative estimate of drug-likeness (QED) is 0.847. The largest absolute Gasteiger partial charge is 0.366 e. The highest BCUT2D eigenvalue weighted by Crippen LogP contribution is 2.47. The van der Waals surface area contributed by atoms with Crippen LogP contribution < -0.4 is 11.0 Å². The molecular weight excluding hydrogens is 300 g/mol. The van der Waals surface area contributed by atoms with E-state index in [-0.39, 0.29) is 0 Å². The SMILES string of the molecule is O=c1nc(NC2[C@H]3CN(Cc4ccccc4)C[C@@H]23)cc(Cl)[nH]1. The summed E-state index contributed by atoms with van der Waals surface area (Å²) in [6.07, 6.45) is 0. The highest BCUT2D eigenvalue weighted by molar-refractivity contribution is 6.29. The molecule has 1 aliphatic heterocycles. The molecule has 1 aromatic heterocycles.